The van der Waals surface area contributed by atoms with Gasteiger partial charge < -0.3 is 5.11 Å². The normalized spacial score (nSPS) is 17.4. The summed E-state index contributed by atoms with van der Waals surface area (Å²) < 4.78 is 13.4. The first-order valence-electron chi connectivity index (χ1n) is 5.71. The second kappa shape index (κ2) is 7.63. The average molecular weight is 214 g/mol. The number of allylic oxidation sites excluding steroid dienone is 2. The lowest BCUT2D eigenvalue weighted by atomic mass is 9.97. The van der Waals surface area contributed by atoms with E-state index in [-0.39, 0.29) is 5.92 Å². The highest BCUT2D eigenvalue weighted by Crippen LogP contribution is 2.16. The Kier molecular flexibility index (Phi) is 7.31. The fraction of sp³-hybridized carbons (Fsp3) is 0.692. The Hall–Kier alpha value is -0.630. The van der Waals surface area contributed by atoms with Gasteiger partial charge in [-0.2, -0.15) is 0 Å². The van der Waals surface area contributed by atoms with Crippen LogP contribution in [-0.4, -0.2) is 11.2 Å². The standard InChI is InChI=1S/C13H23FO/c1-5-6-7-8-13(15)12(14)9-11(4)10(2)3/h7-11,13,15H,5-6H2,1-4H3/b8-7-,12-9+/t11-,13+/m1/s1. The van der Waals surface area contributed by atoms with Crippen LogP contribution in [0.2, 0.25) is 0 Å². The van der Waals surface area contributed by atoms with Gasteiger partial charge in [-0.1, -0.05) is 46.3 Å². The Labute approximate surface area is 92.7 Å². The van der Waals surface area contributed by atoms with E-state index >= 15 is 0 Å². The highest BCUT2D eigenvalue weighted by Gasteiger charge is 2.10. The van der Waals surface area contributed by atoms with Crippen LogP contribution in [0.15, 0.2) is 24.1 Å². The molecule has 0 aliphatic carbocycles. The average Bonchev–Trinajstić information content (AvgIpc) is 2.17. The molecule has 0 bridgehead atoms. The third-order valence-corrected chi connectivity index (χ3v) is 2.53. The topological polar surface area (TPSA) is 20.2 Å². The van der Waals surface area contributed by atoms with Gasteiger partial charge in [-0.05, 0) is 24.3 Å². The molecule has 0 rings (SSSR count). The Bertz CT molecular complexity index is 219. The fourth-order valence-electron chi connectivity index (χ4n) is 1.03. The van der Waals surface area contributed by atoms with Crippen LogP contribution >= 0.6 is 0 Å². The number of halogens is 1. The Morgan fingerprint density at radius 1 is 1.33 bits per heavy atom. The summed E-state index contributed by atoms with van der Waals surface area (Å²) in [5, 5.41) is 9.44. The van der Waals surface area contributed by atoms with E-state index in [1.54, 1.807) is 0 Å². The first kappa shape index (κ1) is 14.4. The lowest BCUT2D eigenvalue weighted by molar-refractivity contribution is 0.225. The summed E-state index contributed by atoms with van der Waals surface area (Å²) >= 11 is 0. The summed E-state index contributed by atoms with van der Waals surface area (Å²) in [5.74, 6) is 0.102. The Morgan fingerprint density at radius 2 is 1.93 bits per heavy atom. The van der Waals surface area contributed by atoms with Gasteiger partial charge in [0.1, 0.15) is 11.9 Å². The maximum Gasteiger partial charge on any atom is 0.129 e. The maximum absolute atomic E-state index is 13.4. The molecule has 0 unspecified atom stereocenters. The molecule has 0 spiro atoms. The molecule has 0 aromatic rings. The van der Waals surface area contributed by atoms with Crippen molar-refractivity contribution >= 4 is 0 Å². The molecule has 1 N–H and O–H groups in total. The predicted octanol–water partition coefficient (Wildman–Crippen LogP) is 3.85. The summed E-state index contributed by atoms with van der Waals surface area (Å²) in [6.45, 7) is 8.07. The Balaban J connectivity index is 4.23. The van der Waals surface area contributed by atoms with Gasteiger partial charge >= 0.3 is 0 Å². The zero-order chi connectivity index (χ0) is 11.8. The zero-order valence-corrected chi connectivity index (χ0v) is 10.2. The predicted molar refractivity (Wildman–Crippen MR) is 63.2 cm³/mol. The molecule has 0 aromatic carbocycles. The van der Waals surface area contributed by atoms with Gasteiger partial charge in [0.25, 0.3) is 0 Å². The maximum atomic E-state index is 13.4. The van der Waals surface area contributed by atoms with E-state index in [0.717, 1.165) is 12.8 Å². The number of hydrogen-bond acceptors (Lipinski definition) is 1. The molecular weight excluding hydrogens is 191 g/mol. The van der Waals surface area contributed by atoms with Crippen molar-refractivity contribution in [2.24, 2.45) is 11.8 Å². The van der Waals surface area contributed by atoms with Crippen LogP contribution in [-0.2, 0) is 0 Å². The second-order valence-electron chi connectivity index (χ2n) is 4.32. The van der Waals surface area contributed by atoms with E-state index < -0.39 is 11.9 Å². The highest BCUT2D eigenvalue weighted by atomic mass is 19.1. The van der Waals surface area contributed by atoms with Gasteiger partial charge in [-0.15, -0.1) is 0 Å². The van der Waals surface area contributed by atoms with E-state index in [9.17, 15) is 9.50 Å². The minimum Gasteiger partial charge on any atom is -0.382 e. The minimum absolute atomic E-state index is 0.152. The van der Waals surface area contributed by atoms with Crippen molar-refractivity contribution in [2.75, 3.05) is 0 Å². The molecule has 0 heterocycles. The number of unbranched alkanes of at least 4 members (excludes halogenated alkanes) is 1. The van der Waals surface area contributed by atoms with Crippen LogP contribution in [0.3, 0.4) is 0 Å². The van der Waals surface area contributed by atoms with Crippen LogP contribution in [0.1, 0.15) is 40.5 Å². The fourth-order valence-corrected chi connectivity index (χ4v) is 1.03. The monoisotopic (exact) mass is 214 g/mol. The summed E-state index contributed by atoms with van der Waals surface area (Å²) in [6, 6.07) is 0. The van der Waals surface area contributed by atoms with E-state index in [2.05, 4.69) is 0 Å². The van der Waals surface area contributed by atoms with E-state index in [4.69, 9.17) is 0 Å². The third-order valence-electron chi connectivity index (χ3n) is 2.53. The quantitative estimate of drug-likeness (QED) is 0.666. The SMILES string of the molecule is CCC/C=C\[C@H](O)/C(F)=C\[C@@H](C)C(C)C. The first-order chi connectivity index (χ1) is 6.99. The lowest BCUT2D eigenvalue weighted by Gasteiger charge is -2.11. The van der Waals surface area contributed by atoms with E-state index in [1.807, 2.05) is 33.8 Å². The van der Waals surface area contributed by atoms with Gasteiger partial charge in [0.05, 0.1) is 0 Å². The zero-order valence-electron chi connectivity index (χ0n) is 10.2. The summed E-state index contributed by atoms with van der Waals surface area (Å²) in [7, 11) is 0. The van der Waals surface area contributed by atoms with Crippen LogP contribution in [0, 0.1) is 11.8 Å². The van der Waals surface area contributed by atoms with Gasteiger partial charge in [-0.25, -0.2) is 4.39 Å². The molecular formula is C13H23FO. The molecule has 15 heavy (non-hydrogen) atoms. The van der Waals surface area contributed by atoms with Crippen molar-refractivity contribution in [3.63, 3.8) is 0 Å². The van der Waals surface area contributed by atoms with Crippen molar-refractivity contribution in [3.8, 4) is 0 Å². The second-order valence-corrected chi connectivity index (χ2v) is 4.32. The molecule has 0 saturated carbocycles. The van der Waals surface area contributed by atoms with Crippen molar-refractivity contribution in [1.82, 2.24) is 0 Å². The molecule has 2 atom stereocenters. The lowest BCUT2D eigenvalue weighted by Crippen LogP contribution is -2.07. The van der Waals surface area contributed by atoms with Crippen LogP contribution in [0.4, 0.5) is 4.39 Å². The minimum atomic E-state index is -1.07. The Morgan fingerprint density at radius 3 is 2.40 bits per heavy atom. The van der Waals surface area contributed by atoms with Gasteiger partial charge in [0, 0.05) is 0 Å². The molecule has 2 heteroatoms. The molecule has 0 aromatic heterocycles. The third kappa shape index (κ3) is 6.45. The van der Waals surface area contributed by atoms with Crippen LogP contribution < -0.4 is 0 Å². The molecule has 0 amide bonds. The molecule has 1 nitrogen and oxygen atoms in total. The molecule has 0 fully saturated rings. The highest BCUT2D eigenvalue weighted by molar-refractivity contribution is 5.09. The van der Waals surface area contributed by atoms with E-state index in [1.165, 1.54) is 12.2 Å². The number of aliphatic hydroxyl groups excluding tert-OH is 1. The smallest absolute Gasteiger partial charge is 0.129 e. The van der Waals surface area contributed by atoms with Crippen molar-refractivity contribution in [3.05, 3.63) is 24.1 Å². The molecule has 0 aliphatic rings. The van der Waals surface area contributed by atoms with Crippen molar-refractivity contribution in [2.45, 2.75) is 46.6 Å². The van der Waals surface area contributed by atoms with E-state index in [0.29, 0.717) is 5.92 Å². The van der Waals surface area contributed by atoms with Crippen LogP contribution in [0.5, 0.6) is 0 Å². The summed E-state index contributed by atoms with van der Waals surface area (Å²) in [5.41, 5.74) is 0. The summed E-state index contributed by atoms with van der Waals surface area (Å²) in [4.78, 5) is 0. The molecule has 88 valence electrons. The first-order valence-corrected chi connectivity index (χ1v) is 5.71. The van der Waals surface area contributed by atoms with Gasteiger partial charge in [-0.3, -0.25) is 0 Å². The summed E-state index contributed by atoms with van der Waals surface area (Å²) in [6.07, 6.45) is 5.66. The van der Waals surface area contributed by atoms with Crippen molar-refractivity contribution < 1.29 is 9.50 Å². The van der Waals surface area contributed by atoms with Gasteiger partial charge in [0.2, 0.25) is 0 Å². The van der Waals surface area contributed by atoms with Crippen molar-refractivity contribution in [1.29, 1.82) is 0 Å². The largest absolute Gasteiger partial charge is 0.382 e. The number of hydrogen-bond donors (Lipinski definition) is 1. The molecule has 0 saturated heterocycles. The number of aliphatic hydroxyl groups is 1. The van der Waals surface area contributed by atoms with Crippen LogP contribution in [0.25, 0.3) is 0 Å². The van der Waals surface area contributed by atoms with Gasteiger partial charge in [0.15, 0.2) is 0 Å². The molecule has 0 radical (unpaired) electrons. The molecule has 0 aliphatic heterocycles. The number of rotatable bonds is 6.